The Morgan fingerprint density at radius 3 is 2.60 bits per heavy atom. The summed E-state index contributed by atoms with van der Waals surface area (Å²) in [6.45, 7) is 4.13. The lowest BCUT2D eigenvalue weighted by atomic mass is 9.72. The molecule has 0 saturated carbocycles. The van der Waals surface area contributed by atoms with E-state index in [-0.39, 0.29) is 12.7 Å². The third-order valence-electron chi connectivity index (χ3n) is 3.65. The van der Waals surface area contributed by atoms with Gasteiger partial charge in [-0.1, -0.05) is 0 Å². The normalized spacial score (nSPS) is 26.3. The van der Waals surface area contributed by atoms with E-state index in [1.165, 1.54) is 12.1 Å². The average Bonchev–Trinajstić information content (AvgIpc) is 2.37. The molecule has 0 spiro atoms. The molecule has 0 aromatic heterocycles. The molecule has 5 heteroatoms. The molecular formula is C15H18F2O3. The lowest BCUT2D eigenvalue weighted by Gasteiger charge is -2.38. The molecule has 2 atom stereocenters. The Hall–Kier alpha value is -1.49. The van der Waals surface area contributed by atoms with Gasteiger partial charge in [0.25, 0.3) is 0 Å². The molecule has 2 rings (SSSR count). The van der Waals surface area contributed by atoms with Gasteiger partial charge in [0, 0.05) is 12.7 Å². The molecule has 0 radical (unpaired) electrons. The van der Waals surface area contributed by atoms with E-state index >= 15 is 0 Å². The Bertz CT molecular complexity index is 484. The quantitative estimate of drug-likeness (QED) is 0.801. The first kappa shape index (κ1) is 14.9. The van der Waals surface area contributed by atoms with Gasteiger partial charge in [-0.25, -0.2) is 8.78 Å². The van der Waals surface area contributed by atoms with Crippen LogP contribution < -0.4 is 0 Å². The number of carbonyl (C=O) groups is 1. The summed E-state index contributed by atoms with van der Waals surface area (Å²) < 4.78 is 37.5. The third kappa shape index (κ3) is 2.82. The summed E-state index contributed by atoms with van der Waals surface area (Å²) in [7, 11) is 0. The molecular weight excluding hydrogens is 266 g/mol. The van der Waals surface area contributed by atoms with Crippen molar-refractivity contribution in [3.63, 3.8) is 0 Å². The van der Waals surface area contributed by atoms with Crippen LogP contribution in [0, 0.1) is 11.6 Å². The maximum Gasteiger partial charge on any atom is 0.316 e. The topological polar surface area (TPSA) is 35.5 Å². The molecule has 0 amide bonds. The fourth-order valence-electron chi connectivity index (χ4n) is 2.75. The van der Waals surface area contributed by atoms with E-state index in [0.29, 0.717) is 25.0 Å². The van der Waals surface area contributed by atoms with E-state index in [1.54, 1.807) is 6.92 Å². The lowest BCUT2D eigenvalue weighted by molar-refractivity contribution is -0.156. The molecule has 0 bridgehead atoms. The Morgan fingerprint density at radius 2 is 2.05 bits per heavy atom. The second-order valence-corrected chi connectivity index (χ2v) is 5.10. The molecule has 1 aliphatic heterocycles. The first-order chi connectivity index (χ1) is 9.48. The third-order valence-corrected chi connectivity index (χ3v) is 3.65. The van der Waals surface area contributed by atoms with E-state index in [0.717, 1.165) is 6.07 Å². The summed E-state index contributed by atoms with van der Waals surface area (Å²) in [5, 5.41) is 0. The summed E-state index contributed by atoms with van der Waals surface area (Å²) in [4.78, 5) is 12.4. The molecule has 1 aromatic rings. The van der Waals surface area contributed by atoms with Crippen molar-refractivity contribution in [3.8, 4) is 0 Å². The average molecular weight is 284 g/mol. The smallest absolute Gasteiger partial charge is 0.316 e. The van der Waals surface area contributed by atoms with Crippen molar-refractivity contribution in [1.29, 1.82) is 0 Å². The molecule has 1 aliphatic rings. The van der Waals surface area contributed by atoms with Crippen LogP contribution in [0.3, 0.4) is 0 Å². The van der Waals surface area contributed by atoms with Crippen molar-refractivity contribution in [2.45, 2.75) is 38.2 Å². The van der Waals surface area contributed by atoms with Crippen LogP contribution >= 0.6 is 0 Å². The number of carbonyl (C=O) groups excluding carboxylic acids is 1. The van der Waals surface area contributed by atoms with Crippen LogP contribution in [0.4, 0.5) is 8.78 Å². The minimum Gasteiger partial charge on any atom is -0.465 e. The number of benzene rings is 1. The van der Waals surface area contributed by atoms with Crippen molar-refractivity contribution in [1.82, 2.24) is 0 Å². The van der Waals surface area contributed by atoms with Crippen LogP contribution in [0.15, 0.2) is 18.2 Å². The van der Waals surface area contributed by atoms with Gasteiger partial charge in [0.05, 0.1) is 18.1 Å². The van der Waals surface area contributed by atoms with Gasteiger partial charge in [-0.15, -0.1) is 0 Å². The van der Waals surface area contributed by atoms with E-state index in [1.807, 2.05) is 6.92 Å². The zero-order valence-electron chi connectivity index (χ0n) is 11.6. The van der Waals surface area contributed by atoms with Crippen molar-refractivity contribution >= 4 is 5.97 Å². The molecule has 0 aliphatic carbocycles. The summed E-state index contributed by atoms with van der Waals surface area (Å²) in [6.07, 6.45) is 0.549. The maximum atomic E-state index is 13.5. The highest BCUT2D eigenvalue weighted by atomic mass is 19.1. The number of ether oxygens (including phenoxy) is 2. The highest BCUT2D eigenvalue weighted by molar-refractivity contribution is 5.83. The Kier molecular flexibility index (Phi) is 4.38. The van der Waals surface area contributed by atoms with Gasteiger partial charge in [-0.2, -0.15) is 0 Å². The summed E-state index contributed by atoms with van der Waals surface area (Å²) in [6, 6.07) is 3.21. The molecule has 0 unspecified atom stereocenters. The molecule has 1 fully saturated rings. The summed E-state index contributed by atoms with van der Waals surface area (Å²) >= 11 is 0. The van der Waals surface area contributed by atoms with E-state index < -0.39 is 23.0 Å². The van der Waals surface area contributed by atoms with Crippen LogP contribution in [-0.2, 0) is 19.7 Å². The highest BCUT2D eigenvalue weighted by Gasteiger charge is 2.45. The molecule has 110 valence electrons. The SMILES string of the molecule is CCOC(=O)[C@@]1(c2cc(F)cc(F)c2)CCO[C@H](C)C1. The van der Waals surface area contributed by atoms with Gasteiger partial charge < -0.3 is 9.47 Å². The largest absolute Gasteiger partial charge is 0.465 e. The Labute approximate surface area is 116 Å². The number of rotatable bonds is 3. The van der Waals surface area contributed by atoms with Crippen LogP contribution in [0.2, 0.25) is 0 Å². The first-order valence-corrected chi connectivity index (χ1v) is 6.73. The number of hydrogen-bond donors (Lipinski definition) is 0. The summed E-state index contributed by atoms with van der Waals surface area (Å²) in [5.41, 5.74) is -0.708. The lowest BCUT2D eigenvalue weighted by Crippen LogP contribution is -2.45. The van der Waals surface area contributed by atoms with E-state index in [4.69, 9.17) is 9.47 Å². The molecule has 0 N–H and O–H groups in total. The molecule has 1 aromatic carbocycles. The second kappa shape index (κ2) is 5.87. The number of halogens is 2. The van der Waals surface area contributed by atoms with Crippen LogP contribution in [0.5, 0.6) is 0 Å². The first-order valence-electron chi connectivity index (χ1n) is 6.73. The van der Waals surface area contributed by atoms with E-state index in [9.17, 15) is 13.6 Å². The standard InChI is InChI=1S/C15H18F2O3/c1-3-19-14(18)15(4-5-20-10(2)9-15)11-6-12(16)8-13(17)7-11/h6-8,10H,3-5,9H2,1-2H3/t10-,15+/m1/s1. The Balaban J connectivity index is 2.47. The molecule has 3 nitrogen and oxygen atoms in total. The second-order valence-electron chi connectivity index (χ2n) is 5.10. The molecule has 1 heterocycles. The fraction of sp³-hybridized carbons (Fsp3) is 0.533. The zero-order valence-corrected chi connectivity index (χ0v) is 11.6. The van der Waals surface area contributed by atoms with Crippen LogP contribution in [0.25, 0.3) is 0 Å². The Morgan fingerprint density at radius 1 is 1.40 bits per heavy atom. The van der Waals surface area contributed by atoms with Gasteiger partial charge >= 0.3 is 5.97 Å². The monoisotopic (exact) mass is 284 g/mol. The molecule has 20 heavy (non-hydrogen) atoms. The van der Waals surface area contributed by atoms with Gasteiger partial charge in [-0.05, 0) is 44.4 Å². The van der Waals surface area contributed by atoms with Gasteiger partial charge in [0.2, 0.25) is 0 Å². The van der Waals surface area contributed by atoms with Crippen LogP contribution in [-0.4, -0.2) is 25.3 Å². The van der Waals surface area contributed by atoms with Crippen molar-refractivity contribution < 1.29 is 23.0 Å². The zero-order chi connectivity index (χ0) is 14.8. The maximum absolute atomic E-state index is 13.5. The predicted octanol–water partition coefficient (Wildman–Crippen LogP) is 2.96. The summed E-state index contributed by atoms with van der Waals surface area (Å²) in [5.74, 6) is -1.83. The predicted molar refractivity (Wildman–Crippen MR) is 69.3 cm³/mol. The van der Waals surface area contributed by atoms with Crippen molar-refractivity contribution in [3.05, 3.63) is 35.4 Å². The van der Waals surface area contributed by atoms with Crippen molar-refractivity contribution in [2.75, 3.05) is 13.2 Å². The number of esters is 1. The molecule has 1 saturated heterocycles. The van der Waals surface area contributed by atoms with Gasteiger partial charge in [0.1, 0.15) is 11.6 Å². The number of hydrogen-bond acceptors (Lipinski definition) is 3. The fourth-order valence-corrected chi connectivity index (χ4v) is 2.75. The minimum atomic E-state index is -1.03. The van der Waals surface area contributed by atoms with Crippen LogP contribution in [0.1, 0.15) is 32.3 Å². The minimum absolute atomic E-state index is 0.167. The van der Waals surface area contributed by atoms with Gasteiger partial charge in [-0.3, -0.25) is 4.79 Å². The highest BCUT2D eigenvalue weighted by Crippen LogP contribution is 2.39. The van der Waals surface area contributed by atoms with E-state index in [2.05, 4.69) is 0 Å². The van der Waals surface area contributed by atoms with Gasteiger partial charge in [0.15, 0.2) is 0 Å². The van der Waals surface area contributed by atoms with Crippen molar-refractivity contribution in [2.24, 2.45) is 0 Å².